The van der Waals surface area contributed by atoms with Crippen LogP contribution in [0.3, 0.4) is 0 Å². The van der Waals surface area contributed by atoms with E-state index in [-0.39, 0.29) is 11.8 Å². The van der Waals surface area contributed by atoms with Crippen molar-refractivity contribution >= 4 is 23.5 Å². The molecule has 208 valence electrons. The van der Waals surface area contributed by atoms with Gasteiger partial charge in [0.05, 0.1) is 7.11 Å². The zero-order chi connectivity index (χ0) is 28.6. The molecule has 0 bridgehead atoms. The first-order valence-electron chi connectivity index (χ1n) is 13.1. The number of amides is 2. The number of hydrogen-bond acceptors (Lipinski definition) is 6. The number of ether oxygens (including phenoxy) is 2. The zero-order valence-corrected chi connectivity index (χ0v) is 23.9. The first-order valence-corrected chi connectivity index (χ1v) is 13.1. The summed E-state index contributed by atoms with van der Waals surface area (Å²) in [6.07, 6.45) is 1.62. The number of nitrogens with one attached hydrogen (secondary N) is 2. The van der Waals surface area contributed by atoms with Crippen LogP contribution in [0.15, 0.2) is 66.9 Å². The van der Waals surface area contributed by atoms with E-state index in [0.717, 1.165) is 23.5 Å². The van der Waals surface area contributed by atoms with E-state index in [0.29, 0.717) is 17.9 Å². The fraction of sp³-hybridized carbons (Fsp3) is 0.387. The monoisotopic (exact) mass is 532 g/mol. The molecule has 1 unspecified atom stereocenters. The zero-order valence-electron chi connectivity index (χ0n) is 23.9. The van der Waals surface area contributed by atoms with Crippen LogP contribution in [-0.4, -0.2) is 42.8 Å². The van der Waals surface area contributed by atoms with Crippen LogP contribution in [-0.2, 0) is 16.1 Å². The average molecular weight is 533 g/mol. The van der Waals surface area contributed by atoms with Crippen molar-refractivity contribution < 1.29 is 19.1 Å². The van der Waals surface area contributed by atoms with Gasteiger partial charge in [0.1, 0.15) is 23.2 Å². The van der Waals surface area contributed by atoms with E-state index < -0.39 is 17.7 Å². The number of pyridine rings is 1. The first kappa shape index (κ1) is 29.5. The molecular formula is C31H40N4O4. The Hall–Kier alpha value is -4.07. The SMILES string of the molecule is COc1cc(NC(=O)C(CC(C)C)NC(=O)OC(C)(C)C)ccc1-c1ccnc(N(C)Cc2ccccc2)c1. The number of benzene rings is 2. The first-order chi connectivity index (χ1) is 18.4. The summed E-state index contributed by atoms with van der Waals surface area (Å²) < 4.78 is 11.0. The summed E-state index contributed by atoms with van der Waals surface area (Å²) in [5, 5.41) is 5.62. The van der Waals surface area contributed by atoms with Crippen LogP contribution >= 0.6 is 0 Å². The van der Waals surface area contributed by atoms with Crippen molar-refractivity contribution in [2.45, 2.75) is 59.2 Å². The van der Waals surface area contributed by atoms with E-state index in [4.69, 9.17) is 9.47 Å². The molecule has 0 saturated heterocycles. The molecule has 0 radical (unpaired) electrons. The lowest BCUT2D eigenvalue weighted by atomic mass is 10.0. The Kier molecular flexibility index (Phi) is 9.93. The average Bonchev–Trinajstić information content (AvgIpc) is 2.87. The van der Waals surface area contributed by atoms with Gasteiger partial charge in [0.2, 0.25) is 5.91 Å². The van der Waals surface area contributed by atoms with Crippen LogP contribution < -0.4 is 20.3 Å². The number of carbonyl (C=O) groups excluding carboxylic acids is 2. The number of carbonyl (C=O) groups is 2. The fourth-order valence-corrected chi connectivity index (χ4v) is 4.12. The molecule has 2 N–H and O–H groups in total. The predicted octanol–water partition coefficient (Wildman–Crippen LogP) is 6.27. The van der Waals surface area contributed by atoms with Crippen molar-refractivity contribution in [3.8, 4) is 16.9 Å². The van der Waals surface area contributed by atoms with Gasteiger partial charge in [-0.15, -0.1) is 0 Å². The molecule has 3 rings (SSSR count). The maximum absolute atomic E-state index is 13.1. The van der Waals surface area contributed by atoms with E-state index in [9.17, 15) is 9.59 Å². The van der Waals surface area contributed by atoms with Gasteiger partial charge in [-0.2, -0.15) is 0 Å². The number of methoxy groups -OCH3 is 1. The summed E-state index contributed by atoms with van der Waals surface area (Å²) in [6, 6.07) is 18.9. The highest BCUT2D eigenvalue weighted by Crippen LogP contribution is 2.34. The third kappa shape index (κ3) is 9.02. The molecule has 0 aliphatic carbocycles. The molecule has 0 aliphatic rings. The number of alkyl carbamates (subject to hydrolysis) is 1. The largest absolute Gasteiger partial charge is 0.496 e. The summed E-state index contributed by atoms with van der Waals surface area (Å²) >= 11 is 0. The predicted molar refractivity (Wildman–Crippen MR) is 156 cm³/mol. The Balaban J connectivity index is 1.77. The molecule has 3 aromatic rings. The minimum absolute atomic E-state index is 0.188. The molecule has 0 fully saturated rings. The molecule has 0 spiro atoms. The fourth-order valence-electron chi connectivity index (χ4n) is 4.12. The van der Waals surface area contributed by atoms with Crippen molar-refractivity contribution in [2.24, 2.45) is 5.92 Å². The molecule has 2 aromatic carbocycles. The van der Waals surface area contributed by atoms with Crippen molar-refractivity contribution in [3.63, 3.8) is 0 Å². The second-order valence-corrected chi connectivity index (χ2v) is 11.0. The maximum Gasteiger partial charge on any atom is 0.408 e. The van der Waals surface area contributed by atoms with Crippen molar-refractivity contribution in [1.82, 2.24) is 10.3 Å². The Morgan fingerprint density at radius 3 is 2.38 bits per heavy atom. The standard InChI is InChI=1S/C31H40N4O4/c1-21(2)17-26(34-30(37)39-31(3,4)5)29(36)33-24-13-14-25(27(19-24)38-7)23-15-16-32-28(18-23)35(6)20-22-11-9-8-10-12-22/h8-16,18-19,21,26H,17,20H2,1-7H3,(H,33,36)(H,34,37). The molecule has 1 atom stereocenters. The van der Waals surface area contributed by atoms with Gasteiger partial charge in [0.25, 0.3) is 0 Å². The third-order valence-electron chi connectivity index (χ3n) is 5.89. The normalized spacial score (nSPS) is 12.0. The van der Waals surface area contributed by atoms with Gasteiger partial charge in [0, 0.05) is 37.1 Å². The highest BCUT2D eigenvalue weighted by atomic mass is 16.6. The van der Waals surface area contributed by atoms with Gasteiger partial charge in [0.15, 0.2) is 0 Å². The molecule has 8 heteroatoms. The van der Waals surface area contributed by atoms with E-state index in [1.54, 1.807) is 40.1 Å². The minimum Gasteiger partial charge on any atom is -0.496 e. The van der Waals surface area contributed by atoms with Crippen molar-refractivity contribution in [1.29, 1.82) is 0 Å². The van der Waals surface area contributed by atoms with Crippen LogP contribution in [0.1, 0.15) is 46.6 Å². The summed E-state index contributed by atoms with van der Waals surface area (Å²) in [5.74, 6) is 1.31. The lowest BCUT2D eigenvalue weighted by Crippen LogP contribution is -2.46. The quantitative estimate of drug-likeness (QED) is 0.320. The summed E-state index contributed by atoms with van der Waals surface area (Å²) in [7, 11) is 3.60. The van der Waals surface area contributed by atoms with Crippen molar-refractivity contribution in [2.75, 3.05) is 24.4 Å². The summed E-state index contributed by atoms with van der Waals surface area (Å²) in [5.41, 5.74) is 2.92. The summed E-state index contributed by atoms with van der Waals surface area (Å²) in [4.78, 5) is 32.1. The topological polar surface area (TPSA) is 92.8 Å². The van der Waals surface area contributed by atoms with Gasteiger partial charge >= 0.3 is 6.09 Å². The van der Waals surface area contributed by atoms with E-state index in [2.05, 4.69) is 32.7 Å². The minimum atomic E-state index is -0.742. The van der Waals surface area contributed by atoms with Crippen LogP contribution in [0.5, 0.6) is 5.75 Å². The van der Waals surface area contributed by atoms with Crippen molar-refractivity contribution in [3.05, 3.63) is 72.4 Å². The third-order valence-corrected chi connectivity index (χ3v) is 5.89. The van der Waals surface area contributed by atoms with Crippen LogP contribution in [0.2, 0.25) is 0 Å². The number of hydrogen-bond donors (Lipinski definition) is 2. The van der Waals surface area contributed by atoms with Gasteiger partial charge in [-0.05, 0) is 68.5 Å². The number of aromatic nitrogens is 1. The lowest BCUT2D eigenvalue weighted by Gasteiger charge is -2.24. The second-order valence-electron chi connectivity index (χ2n) is 11.0. The molecule has 1 heterocycles. The molecule has 0 saturated carbocycles. The summed E-state index contributed by atoms with van der Waals surface area (Å²) in [6.45, 7) is 10.1. The number of anilines is 2. The number of nitrogens with zero attached hydrogens (tertiary/aromatic N) is 2. The molecule has 39 heavy (non-hydrogen) atoms. The second kappa shape index (κ2) is 13.1. The highest BCUT2D eigenvalue weighted by Gasteiger charge is 2.25. The maximum atomic E-state index is 13.1. The van der Waals surface area contributed by atoms with E-state index >= 15 is 0 Å². The Bertz CT molecular complexity index is 1250. The molecule has 1 aromatic heterocycles. The van der Waals surface area contributed by atoms with Gasteiger partial charge < -0.3 is 25.0 Å². The van der Waals surface area contributed by atoms with Crippen LogP contribution in [0.4, 0.5) is 16.3 Å². The lowest BCUT2D eigenvalue weighted by molar-refractivity contribution is -0.118. The molecule has 0 aliphatic heterocycles. The molecular weight excluding hydrogens is 492 g/mol. The highest BCUT2D eigenvalue weighted by molar-refractivity contribution is 5.97. The van der Waals surface area contributed by atoms with Gasteiger partial charge in [-0.25, -0.2) is 9.78 Å². The molecule has 2 amide bonds. The number of rotatable bonds is 10. The van der Waals surface area contributed by atoms with Crippen LogP contribution in [0.25, 0.3) is 11.1 Å². The molecule has 8 nitrogen and oxygen atoms in total. The Morgan fingerprint density at radius 2 is 1.74 bits per heavy atom. The van der Waals surface area contributed by atoms with Crippen LogP contribution in [0, 0.1) is 5.92 Å². The van der Waals surface area contributed by atoms with Gasteiger partial charge in [-0.1, -0.05) is 44.2 Å². The van der Waals surface area contributed by atoms with E-state index in [1.165, 1.54) is 5.56 Å². The van der Waals surface area contributed by atoms with Gasteiger partial charge in [-0.3, -0.25) is 4.79 Å². The Labute approximate surface area is 231 Å². The van der Waals surface area contributed by atoms with E-state index in [1.807, 2.05) is 63.4 Å². The smallest absolute Gasteiger partial charge is 0.408 e. The Morgan fingerprint density at radius 1 is 1.03 bits per heavy atom.